The highest BCUT2D eigenvalue weighted by molar-refractivity contribution is 6.00. The average Bonchev–Trinajstić information content (AvgIpc) is 3.78. The van der Waals surface area contributed by atoms with Crippen molar-refractivity contribution in [2.45, 2.75) is 83.3 Å². The van der Waals surface area contributed by atoms with Crippen LogP contribution in [0.4, 0.5) is 10.5 Å². The number of anilines is 1. The van der Waals surface area contributed by atoms with Crippen LogP contribution in [0.15, 0.2) is 85.2 Å². The SMILES string of the molecule is COC(=O)C1CCCN1C(=O)C(c1ccccc1)n1cnc2cc(NC(=O)[C@@H](COCc3ccccc3)NC(=O)C(C)(C)NC(=O)OC(C)(C)C)ccc21. The number of methoxy groups -OCH3 is 1. The summed E-state index contributed by atoms with van der Waals surface area (Å²) in [5.41, 5.74) is 0.887. The van der Waals surface area contributed by atoms with Gasteiger partial charge >= 0.3 is 12.1 Å². The van der Waals surface area contributed by atoms with Crippen LogP contribution in [0.2, 0.25) is 0 Å². The van der Waals surface area contributed by atoms with Gasteiger partial charge in [0.05, 0.1) is 37.7 Å². The number of ether oxygens (including phenoxy) is 3. The largest absolute Gasteiger partial charge is 0.467 e. The average molecular weight is 741 g/mol. The molecule has 0 aliphatic carbocycles. The predicted molar refractivity (Wildman–Crippen MR) is 201 cm³/mol. The first-order chi connectivity index (χ1) is 25.7. The van der Waals surface area contributed by atoms with Gasteiger partial charge in [-0.25, -0.2) is 14.6 Å². The quantitative estimate of drug-likeness (QED) is 0.164. The van der Waals surface area contributed by atoms with E-state index in [2.05, 4.69) is 20.9 Å². The van der Waals surface area contributed by atoms with E-state index in [4.69, 9.17) is 14.2 Å². The third kappa shape index (κ3) is 9.81. The van der Waals surface area contributed by atoms with E-state index in [9.17, 15) is 24.0 Å². The number of esters is 1. The minimum atomic E-state index is -1.44. The molecule has 4 aromatic rings. The van der Waals surface area contributed by atoms with Gasteiger partial charge in [0, 0.05) is 12.2 Å². The molecule has 1 aromatic heterocycles. The summed E-state index contributed by atoms with van der Waals surface area (Å²) in [5.74, 6) is -1.91. The third-order valence-corrected chi connectivity index (χ3v) is 8.88. The van der Waals surface area contributed by atoms with E-state index >= 15 is 0 Å². The molecule has 286 valence electrons. The lowest BCUT2D eigenvalue weighted by Gasteiger charge is -2.29. The van der Waals surface area contributed by atoms with Crippen LogP contribution in [-0.4, -0.2) is 87.7 Å². The molecule has 5 rings (SSSR count). The summed E-state index contributed by atoms with van der Waals surface area (Å²) in [4.78, 5) is 72.6. The fourth-order valence-corrected chi connectivity index (χ4v) is 6.18. The van der Waals surface area contributed by atoms with E-state index in [0.29, 0.717) is 41.7 Å². The van der Waals surface area contributed by atoms with Gasteiger partial charge in [0.25, 0.3) is 5.91 Å². The molecule has 3 N–H and O–H groups in total. The normalized spacial score (nSPS) is 15.6. The first-order valence-corrected chi connectivity index (χ1v) is 17.8. The van der Waals surface area contributed by atoms with Gasteiger partial charge in [0.1, 0.15) is 29.3 Å². The van der Waals surface area contributed by atoms with Gasteiger partial charge in [-0.2, -0.15) is 0 Å². The number of alkyl carbamates (subject to hydrolysis) is 1. The number of aromatic nitrogens is 2. The van der Waals surface area contributed by atoms with E-state index in [-0.39, 0.29) is 19.1 Å². The van der Waals surface area contributed by atoms with Crippen LogP contribution < -0.4 is 16.0 Å². The maximum absolute atomic E-state index is 14.2. The number of nitrogens with zero attached hydrogens (tertiary/aromatic N) is 3. The van der Waals surface area contributed by atoms with Crippen molar-refractivity contribution in [3.05, 3.63) is 96.3 Å². The van der Waals surface area contributed by atoms with Crippen LogP contribution in [0, 0.1) is 0 Å². The molecule has 0 radical (unpaired) electrons. The molecule has 4 amide bonds. The molecular weight excluding hydrogens is 692 g/mol. The van der Waals surface area contributed by atoms with Gasteiger partial charge in [0.15, 0.2) is 0 Å². The number of fused-ring (bicyclic) bond motifs is 1. The number of amides is 4. The van der Waals surface area contributed by atoms with Crippen molar-refractivity contribution in [3.63, 3.8) is 0 Å². The number of imidazole rings is 1. The van der Waals surface area contributed by atoms with Gasteiger partial charge in [0.2, 0.25) is 11.8 Å². The molecule has 2 heterocycles. The van der Waals surface area contributed by atoms with Gasteiger partial charge in [-0.15, -0.1) is 0 Å². The van der Waals surface area contributed by atoms with Crippen molar-refractivity contribution in [2.24, 2.45) is 0 Å². The number of hydrogen-bond donors (Lipinski definition) is 3. The van der Waals surface area contributed by atoms with Crippen LogP contribution in [0.25, 0.3) is 11.0 Å². The van der Waals surface area contributed by atoms with E-state index in [1.54, 1.807) is 54.8 Å². The molecule has 1 aliphatic heterocycles. The van der Waals surface area contributed by atoms with Crippen molar-refractivity contribution in [1.82, 2.24) is 25.1 Å². The van der Waals surface area contributed by atoms with E-state index < -0.39 is 53.1 Å². The molecule has 0 bridgehead atoms. The predicted octanol–water partition coefficient (Wildman–Crippen LogP) is 4.73. The molecule has 54 heavy (non-hydrogen) atoms. The van der Waals surface area contributed by atoms with Crippen molar-refractivity contribution >= 4 is 46.5 Å². The highest BCUT2D eigenvalue weighted by Crippen LogP contribution is 2.30. The molecule has 1 fully saturated rings. The van der Waals surface area contributed by atoms with Gasteiger partial charge in [-0.1, -0.05) is 60.7 Å². The number of nitrogens with one attached hydrogen (secondary N) is 3. The molecular formula is C40H48N6O8. The van der Waals surface area contributed by atoms with E-state index in [1.165, 1.54) is 21.0 Å². The summed E-state index contributed by atoms with van der Waals surface area (Å²) in [7, 11) is 1.32. The monoisotopic (exact) mass is 740 g/mol. The second kappa shape index (κ2) is 16.9. The van der Waals surface area contributed by atoms with E-state index in [1.807, 2.05) is 60.7 Å². The number of rotatable bonds is 13. The zero-order valence-electron chi connectivity index (χ0n) is 31.5. The highest BCUT2D eigenvalue weighted by Gasteiger charge is 2.39. The maximum Gasteiger partial charge on any atom is 0.408 e. The Morgan fingerprint density at radius 3 is 2.28 bits per heavy atom. The summed E-state index contributed by atoms with van der Waals surface area (Å²) in [6, 6.07) is 21.1. The summed E-state index contributed by atoms with van der Waals surface area (Å²) < 4.78 is 17.9. The summed E-state index contributed by atoms with van der Waals surface area (Å²) in [6.07, 6.45) is 1.98. The second-order valence-electron chi connectivity index (χ2n) is 14.6. The Balaban J connectivity index is 1.37. The summed E-state index contributed by atoms with van der Waals surface area (Å²) in [5, 5.41) is 8.13. The number of carbonyl (C=O) groups is 5. The van der Waals surface area contributed by atoms with Crippen molar-refractivity contribution in [3.8, 4) is 0 Å². The van der Waals surface area contributed by atoms with Crippen molar-refractivity contribution in [1.29, 1.82) is 0 Å². The van der Waals surface area contributed by atoms with Crippen LogP contribution >= 0.6 is 0 Å². The van der Waals surface area contributed by atoms with Gasteiger partial charge in [-0.3, -0.25) is 14.4 Å². The molecule has 1 saturated heterocycles. The molecule has 0 spiro atoms. The Morgan fingerprint density at radius 1 is 0.926 bits per heavy atom. The van der Waals surface area contributed by atoms with E-state index in [0.717, 1.165) is 5.56 Å². The molecule has 3 aromatic carbocycles. The first-order valence-electron chi connectivity index (χ1n) is 17.8. The highest BCUT2D eigenvalue weighted by atomic mass is 16.6. The molecule has 3 atom stereocenters. The lowest BCUT2D eigenvalue weighted by molar-refractivity contribution is -0.151. The molecule has 14 nitrogen and oxygen atoms in total. The van der Waals surface area contributed by atoms with Crippen molar-refractivity contribution in [2.75, 3.05) is 25.6 Å². The summed E-state index contributed by atoms with van der Waals surface area (Å²) >= 11 is 0. The Hall–Kier alpha value is -5.76. The van der Waals surface area contributed by atoms with Crippen molar-refractivity contribution < 1.29 is 38.2 Å². The summed E-state index contributed by atoms with van der Waals surface area (Å²) in [6.45, 7) is 8.59. The smallest absolute Gasteiger partial charge is 0.408 e. The maximum atomic E-state index is 14.2. The topological polar surface area (TPSA) is 170 Å². The van der Waals surface area contributed by atoms with Crippen LogP contribution in [0.1, 0.15) is 64.6 Å². The lowest BCUT2D eigenvalue weighted by atomic mass is 10.0. The van der Waals surface area contributed by atoms with Gasteiger partial charge < -0.3 is 39.6 Å². The molecule has 2 unspecified atom stereocenters. The Bertz CT molecular complexity index is 1960. The first kappa shape index (κ1) is 39.4. The molecule has 1 aliphatic rings. The fraction of sp³-hybridized carbons (Fsp3) is 0.400. The fourth-order valence-electron chi connectivity index (χ4n) is 6.18. The zero-order valence-corrected chi connectivity index (χ0v) is 31.5. The Morgan fingerprint density at radius 2 is 1.61 bits per heavy atom. The molecule has 0 saturated carbocycles. The van der Waals surface area contributed by atoms with Crippen LogP contribution in [0.5, 0.6) is 0 Å². The number of benzene rings is 3. The van der Waals surface area contributed by atoms with Gasteiger partial charge in [-0.05, 0) is 76.8 Å². The third-order valence-electron chi connectivity index (χ3n) is 8.88. The second-order valence-corrected chi connectivity index (χ2v) is 14.6. The Kier molecular flexibility index (Phi) is 12.4. The van der Waals surface area contributed by atoms with Crippen LogP contribution in [-0.2, 0) is 40.0 Å². The standard InChI is InChI=1S/C40H48N6O8/c1-39(2,3)54-38(51)44-40(4,5)37(50)43-30(24-53-23-26-14-9-7-10-15-26)34(47)42-28-19-20-31-29(22-28)41-25-46(31)33(27-16-11-8-12-17-27)35(48)45-21-13-18-32(45)36(49)52-6/h7-12,14-17,19-20,22,25,30,32-33H,13,18,21,23-24H2,1-6H3,(H,42,47)(H,43,50)(H,44,51)/t30-,32?,33?/m1/s1. The van der Waals surface area contributed by atoms with Crippen LogP contribution in [0.3, 0.4) is 0 Å². The number of carbonyl (C=O) groups excluding carboxylic acids is 5. The molecule has 14 heteroatoms. The minimum Gasteiger partial charge on any atom is -0.467 e. The minimum absolute atomic E-state index is 0.171. The number of likely N-dealkylation sites (tertiary alicyclic amines) is 1. The number of hydrogen-bond acceptors (Lipinski definition) is 9. The lowest BCUT2D eigenvalue weighted by Crippen LogP contribution is -2.59. The zero-order chi connectivity index (χ0) is 39.0. The Labute approximate surface area is 314 Å².